The highest BCUT2D eigenvalue weighted by molar-refractivity contribution is 7.47. The molecule has 8 atom stereocenters. The zero-order valence-corrected chi connectivity index (χ0v) is 38.3. The smallest absolute Gasteiger partial charge is 0.462 e. The Bertz CT molecular complexity index is 1290. The van der Waals surface area contributed by atoms with Gasteiger partial charge < -0.3 is 49.3 Å². The van der Waals surface area contributed by atoms with Crippen LogP contribution >= 0.6 is 15.6 Å². The van der Waals surface area contributed by atoms with Crippen LogP contribution in [0, 0.1) is 5.92 Å². The van der Waals surface area contributed by atoms with Gasteiger partial charge in [0.15, 0.2) is 12.4 Å². The zero-order valence-electron chi connectivity index (χ0n) is 36.6. The molecule has 1 heterocycles. The minimum absolute atomic E-state index is 0.00361. The largest absolute Gasteiger partial charge is 0.472 e. The van der Waals surface area contributed by atoms with Gasteiger partial charge >= 0.3 is 27.6 Å². The van der Waals surface area contributed by atoms with Crippen molar-refractivity contribution >= 4 is 27.6 Å². The molecule has 61 heavy (non-hydrogen) atoms. The van der Waals surface area contributed by atoms with E-state index >= 15 is 0 Å². The molecule has 0 saturated carbocycles. The van der Waals surface area contributed by atoms with Gasteiger partial charge in [-0.2, -0.15) is 0 Å². The van der Waals surface area contributed by atoms with Crippen LogP contribution in [0.2, 0.25) is 0 Å². The Morgan fingerprint density at radius 3 is 1.89 bits per heavy atom. The zero-order chi connectivity index (χ0) is 45.4. The lowest BCUT2D eigenvalue weighted by Gasteiger charge is -2.36. The van der Waals surface area contributed by atoms with E-state index in [0.29, 0.717) is 32.1 Å². The summed E-state index contributed by atoms with van der Waals surface area (Å²) in [5, 5.41) is 40.7. The molecular formula is C42H78O17P2. The molecule has 19 heteroatoms. The molecule has 0 spiro atoms. The van der Waals surface area contributed by atoms with Crippen LogP contribution < -0.4 is 0 Å². The van der Waals surface area contributed by atoms with Gasteiger partial charge in [-0.05, 0) is 32.1 Å². The molecule has 7 N–H and O–H groups in total. The van der Waals surface area contributed by atoms with Crippen molar-refractivity contribution < 1.29 is 81.6 Å². The molecule has 0 aromatic rings. The maximum atomic E-state index is 12.7. The molecule has 0 aromatic heterocycles. The van der Waals surface area contributed by atoms with E-state index in [4.69, 9.17) is 28.5 Å². The van der Waals surface area contributed by atoms with E-state index in [2.05, 4.69) is 22.9 Å². The van der Waals surface area contributed by atoms with E-state index in [9.17, 15) is 44.0 Å². The number of esters is 2. The molecule has 1 saturated heterocycles. The van der Waals surface area contributed by atoms with Crippen LogP contribution in [0.25, 0.3) is 0 Å². The van der Waals surface area contributed by atoms with Crippen molar-refractivity contribution in [2.45, 2.75) is 198 Å². The molecule has 1 aliphatic rings. The lowest BCUT2D eigenvalue weighted by Crippen LogP contribution is -2.43. The highest BCUT2D eigenvalue weighted by Crippen LogP contribution is 2.44. The first-order valence-corrected chi connectivity index (χ1v) is 25.5. The van der Waals surface area contributed by atoms with E-state index in [0.717, 1.165) is 44.9 Å². The fourth-order valence-electron chi connectivity index (χ4n) is 6.62. The molecule has 0 amide bonds. The number of carbonyl (C=O) groups excluding carboxylic acids is 2. The second-order valence-electron chi connectivity index (χ2n) is 15.9. The average Bonchev–Trinajstić information content (AvgIpc) is 3.20. The molecule has 1 fully saturated rings. The van der Waals surface area contributed by atoms with Crippen LogP contribution in [0.1, 0.15) is 162 Å². The Morgan fingerprint density at radius 2 is 1.26 bits per heavy atom. The van der Waals surface area contributed by atoms with Gasteiger partial charge in [0.25, 0.3) is 0 Å². The summed E-state index contributed by atoms with van der Waals surface area (Å²) in [7, 11) is -9.77. The number of phosphoric ester groups is 2. The van der Waals surface area contributed by atoms with Gasteiger partial charge in [0.2, 0.25) is 0 Å². The van der Waals surface area contributed by atoms with Crippen LogP contribution in [0.3, 0.4) is 0 Å². The normalized spacial score (nSPS) is 21.1. The number of aliphatic hydroxyl groups is 4. The van der Waals surface area contributed by atoms with Crippen molar-refractivity contribution in [3.05, 3.63) is 24.3 Å². The predicted molar refractivity (Wildman–Crippen MR) is 229 cm³/mol. The maximum absolute atomic E-state index is 12.7. The molecular weight excluding hydrogens is 838 g/mol. The summed E-state index contributed by atoms with van der Waals surface area (Å²) in [6.07, 6.45) is 20.7. The molecule has 0 aromatic carbocycles. The molecule has 0 bridgehead atoms. The van der Waals surface area contributed by atoms with E-state index in [1.165, 1.54) is 51.4 Å². The van der Waals surface area contributed by atoms with Crippen LogP contribution in [0.5, 0.6) is 0 Å². The third kappa shape index (κ3) is 32.7. The number of hydrogen-bond donors (Lipinski definition) is 7. The number of phosphoric acid groups is 2. The Labute approximate surface area is 363 Å². The number of allylic oxidation sites excluding steroid dienone is 2. The number of ether oxygens (including phenoxy) is 3. The molecule has 1 aliphatic heterocycles. The summed E-state index contributed by atoms with van der Waals surface area (Å²) in [6.45, 7) is 1.35. The molecule has 0 aliphatic carbocycles. The fourth-order valence-corrected chi connectivity index (χ4v) is 7.78. The number of unbranched alkanes of at least 4 members (excludes halogenated alkanes) is 15. The number of hydrogen-bond acceptors (Lipinski definition) is 14. The molecule has 2 unspecified atom stereocenters. The minimum Gasteiger partial charge on any atom is -0.462 e. The quantitative estimate of drug-likeness (QED) is 0.0139. The molecule has 17 nitrogen and oxygen atoms in total. The first-order chi connectivity index (χ1) is 29.0. The SMILES string of the molecule is CCCCCCCCCCCCCCCC(=O)O[C@H](COC(=O)CCC/C=C\C[C@H]1[C@@H](O)CC(O)O[C@@H]1/C=C/[C@@H](O)CCCCC)COP(=O)(O)OC[C@@H](O)COP(=O)(O)O. The molecule has 358 valence electrons. The number of rotatable bonds is 38. The van der Waals surface area contributed by atoms with Crippen molar-refractivity contribution in [2.75, 3.05) is 26.4 Å². The van der Waals surface area contributed by atoms with Crippen molar-refractivity contribution in [1.29, 1.82) is 0 Å². The predicted octanol–water partition coefficient (Wildman–Crippen LogP) is 7.22. The van der Waals surface area contributed by atoms with Crippen molar-refractivity contribution in [3.63, 3.8) is 0 Å². The highest BCUT2D eigenvalue weighted by atomic mass is 31.2. The van der Waals surface area contributed by atoms with Crippen LogP contribution in [-0.4, -0.2) is 110 Å². The van der Waals surface area contributed by atoms with Crippen LogP contribution in [0.4, 0.5) is 0 Å². The third-order valence-corrected chi connectivity index (χ3v) is 11.6. The second-order valence-corrected chi connectivity index (χ2v) is 18.6. The van der Waals surface area contributed by atoms with Crippen molar-refractivity contribution in [3.8, 4) is 0 Å². The Morgan fingerprint density at radius 1 is 0.705 bits per heavy atom. The van der Waals surface area contributed by atoms with Gasteiger partial charge in [0.05, 0.1) is 38.1 Å². The molecule has 0 radical (unpaired) electrons. The number of carbonyl (C=O) groups is 2. The van der Waals surface area contributed by atoms with Crippen molar-refractivity contribution in [1.82, 2.24) is 0 Å². The lowest BCUT2D eigenvalue weighted by molar-refractivity contribution is -0.199. The first kappa shape index (κ1) is 57.5. The summed E-state index contributed by atoms with van der Waals surface area (Å²) < 4.78 is 53.4. The summed E-state index contributed by atoms with van der Waals surface area (Å²) in [6, 6.07) is 0. The Balaban J connectivity index is 2.59. The lowest BCUT2D eigenvalue weighted by atomic mass is 9.87. The van der Waals surface area contributed by atoms with Gasteiger partial charge in [-0.15, -0.1) is 0 Å². The van der Waals surface area contributed by atoms with E-state index in [1.807, 2.05) is 12.2 Å². The Hall–Kier alpha value is -1.56. The summed E-state index contributed by atoms with van der Waals surface area (Å²) in [4.78, 5) is 52.9. The topological polar surface area (TPSA) is 265 Å². The standard InChI is InChI=1S/C42H78O17P2/c1-3-5-7-8-9-10-11-12-13-14-15-16-22-26-41(47)58-36(33-57-61(52,53)56-31-35(44)30-55-60(49,50)51)32-54-40(46)25-21-18-17-20-24-37-38(45)29-42(48)59-39(37)28-27-34(43)23-19-6-4-2/h17,20,27-28,34-39,42-45,48H,3-16,18-19,21-26,29-33H2,1-2H3,(H,52,53)(H2,49,50,51)/b20-17-,28-27+/t34-,35-,36+,37-,38-,39+,42?/m0/s1. The second kappa shape index (κ2) is 34.8. The monoisotopic (exact) mass is 916 g/mol. The van der Waals surface area contributed by atoms with E-state index < -0.39 is 90.8 Å². The van der Waals surface area contributed by atoms with E-state index in [1.54, 1.807) is 12.2 Å². The third-order valence-electron chi connectivity index (χ3n) is 10.1. The fraction of sp³-hybridized carbons (Fsp3) is 0.857. The van der Waals surface area contributed by atoms with Gasteiger partial charge in [-0.1, -0.05) is 134 Å². The number of aliphatic hydroxyl groups excluding tert-OH is 4. The van der Waals surface area contributed by atoms with Gasteiger partial charge in [0.1, 0.15) is 12.7 Å². The summed E-state index contributed by atoms with van der Waals surface area (Å²) >= 11 is 0. The van der Waals surface area contributed by atoms with Gasteiger partial charge in [-0.25, -0.2) is 9.13 Å². The average molecular weight is 917 g/mol. The maximum Gasteiger partial charge on any atom is 0.472 e. The van der Waals surface area contributed by atoms with Crippen molar-refractivity contribution in [2.24, 2.45) is 5.92 Å². The van der Waals surface area contributed by atoms with Crippen LogP contribution in [0.15, 0.2) is 24.3 Å². The summed E-state index contributed by atoms with van der Waals surface area (Å²) in [5.41, 5.74) is 0. The summed E-state index contributed by atoms with van der Waals surface area (Å²) in [5.74, 6) is -1.57. The Kier molecular flexibility index (Phi) is 32.8. The van der Waals surface area contributed by atoms with E-state index in [-0.39, 0.29) is 25.2 Å². The highest BCUT2D eigenvalue weighted by Gasteiger charge is 2.35. The first-order valence-electron chi connectivity index (χ1n) is 22.4. The molecule has 1 rings (SSSR count). The van der Waals surface area contributed by atoms with Gasteiger partial charge in [-0.3, -0.25) is 23.2 Å². The van der Waals surface area contributed by atoms with Gasteiger partial charge in [0, 0.05) is 25.2 Å². The van der Waals surface area contributed by atoms with Crippen LogP contribution in [-0.2, 0) is 46.5 Å². The minimum atomic E-state index is -4.90.